The molecule has 1 fully saturated rings. The van der Waals surface area contributed by atoms with Gasteiger partial charge in [0.15, 0.2) is 0 Å². The highest BCUT2D eigenvalue weighted by Crippen LogP contribution is 2.36. The van der Waals surface area contributed by atoms with E-state index in [0.717, 1.165) is 28.6 Å². The lowest BCUT2D eigenvalue weighted by atomic mass is 10.0. The summed E-state index contributed by atoms with van der Waals surface area (Å²) in [4.78, 5) is 6.54. The van der Waals surface area contributed by atoms with Gasteiger partial charge in [-0.2, -0.15) is 0 Å². The lowest BCUT2D eigenvalue weighted by Crippen LogP contribution is -2.22. The molecule has 3 nitrogen and oxygen atoms in total. The van der Waals surface area contributed by atoms with Crippen molar-refractivity contribution in [3.05, 3.63) is 35.0 Å². The highest BCUT2D eigenvalue weighted by atomic mass is 35.5. The lowest BCUT2D eigenvalue weighted by Gasteiger charge is -2.23. The van der Waals surface area contributed by atoms with Crippen LogP contribution in [0, 0.1) is 0 Å². The average Bonchev–Trinajstić information content (AvgIpc) is 2.86. The van der Waals surface area contributed by atoms with Crippen molar-refractivity contribution in [1.82, 2.24) is 4.98 Å². The van der Waals surface area contributed by atoms with Crippen LogP contribution in [0.5, 0.6) is 0 Å². The van der Waals surface area contributed by atoms with Crippen molar-refractivity contribution in [2.24, 2.45) is 5.73 Å². The van der Waals surface area contributed by atoms with Gasteiger partial charge in [0.25, 0.3) is 0 Å². The molecule has 5 heteroatoms. The van der Waals surface area contributed by atoms with Crippen LogP contribution in [0.3, 0.4) is 0 Å². The molecule has 0 amide bonds. The van der Waals surface area contributed by atoms with Crippen molar-refractivity contribution >= 4 is 28.2 Å². The topological polar surface area (TPSA) is 42.1 Å². The summed E-state index contributed by atoms with van der Waals surface area (Å²) < 4.78 is 13.5. The van der Waals surface area contributed by atoms with E-state index in [1.54, 1.807) is 6.20 Å². The van der Waals surface area contributed by atoms with Crippen LogP contribution in [0.4, 0.5) is 10.1 Å². The van der Waals surface area contributed by atoms with E-state index in [2.05, 4.69) is 9.88 Å². The van der Waals surface area contributed by atoms with Crippen molar-refractivity contribution in [2.45, 2.75) is 19.0 Å². The molecule has 1 aliphatic rings. The summed E-state index contributed by atoms with van der Waals surface area (Å²) in [7, 11) is 0. The van der Waals surface area contributed by atoms with Gasteiger partial charge < -0.3 is 10.6 Å². The van der Waals surface area contributed by atoms with E-state index in [0.29, 0.717) is 31.1 Å². The standard InChI is InChI=1S/C15H17ClFN3/c16-13-8-10(3-5-18)15(20-7-4-11(17)9-20)14-12(13)2-1-6-19-14/h1-2,6,8,11H,3-5,7,9,18H2. The van der Waals surface area contributed by atoms with Crippen LogP contribution in [0.25, 0.3) is 10.9 Å². The van der Waals surface area contributed by atoms with E-state index >= 15 is 0 Å². The van der Waals surface area contributed by atoms with Gasteiger partial charge in [-0.25, -0.2) is 4.39 Å². The Kier molecular flexibility index (Phi) is 3.76. The lowest BCUT2D eigenvalue weighted by molar-refractivity contribution is 0.364. The predicted octanol–water partition coefficient (Wildman–Crippen LogP) is 2.94. The zero-order valence-corrected chi connectivity index (χ0v) is 11.9. The second kappa shape index (κ2) is 5.54. The zero-order valence-electron chi connectivity index (χ0n) is 11.1. The molecule has 0 radical (unpaired) electrons. The number of nitrogens with two attached hydrogens (primary N) is 1. The number of rotatable bonds is 3. The molecule has 0 spiro atoms. The molecule has 3 rings (SSSR count). The number of alkyl halides is 1. The third kappa shape index (κ3) is 2.34. The first kappa shape index (κ1) is 13.6. The monoisotopic (exact) mass is 293 g/mol. The SMILES string of the molecule is NCCc1cc(Cl)c2cccnc2c1N1CCC(F)C1. The van der Waals surface area contributed by atoms with Crippen molar-refractivity contribution in [2.75, 3.05) is 24.5 Å². The van der Waals surface area contributed by atoms with Crippen LogP contribution in [-0.2, 0) is 6.42 Å². The Morgan fingerprint density at radius 2 is 2.35 bits per heavy atom. The number of benzene rings is 1. The number of hydrogen-bond donors (Lipinski definition) is 1. The molecule has 1 aromatic heterocycles. The summed E-state index contributed by atoms with van der Waals surface area (Å²) in [5, 5.41) is 1.59. The molecule has 1 aromatic carbocycles. The normalized spacial score (nSPS) is 18.9. The molecule has 20 heavy (non-hydrogen) atoms. The maximum atomic E-state index is 13.5. The summed E-state index contributed by atoms with van der Waals surface area (Å²) >= 11 is 6.33. The van der Waals surface area contributed by atoms with E-state index in [1.165, 1.54) is 0 Å². The van der Waals surface area contributed by atoms with E-state index in [9.17, 15) is 4.39 Å². The summed E-state index contributed by atoms with van der Waals surface area (Å²) in [5.41, 5.74) is 8.59. The van der Waals surface area contributed by atoms with Gasteiger partial charge in [0.2, 0.25) is 0 Å². The molecule has 2 aromatic rings. The Morgan fingerprint density at radius 1 is 1.50 bits per heavy atom. The fraction of sp³-hybridized carbons (Fsp3) is 0.400. The molecule has 1 atom stereocenters. The molecule has 1 unspecified atom stereocenters. The van der Waals surface area contributed by atoms with Crippen molar-refractivity contribution < 1.29 is 4.39 Å². The number of hydrogen-bond acceptors (Lipinski definition) is 3. The smallest absolute Gasteiger partial charge is 0.119 e. The first-order chi connectivity index (χ1) is 9.70. The number of nitrogens with zero attached hydrogens (tertiary/aromatic N) is 2. The second-order valence-corrected chi connectivity index (χ2v) is 5.54. The van der Waals surface area contributed by atoms with Crippen LogP contribution >= 0.6 is 11.6 Å². The largest absolute Gasteiger partial charge is 0.367 e. The van der Waals surface area contributed by atoms with E-state index < -0.39 is 6.17 Å². The molecule has 106 valence electrons. The molecule has 2 N–H and O–H groups in total. The number of fused-ring (bicyclic) bond motifs is 1. The van der Waals surface area contributed by atoms with Gasteiger partial charge in [0.1, 0.15) is 6.17 Å². The minimum absolute atomic E-state index is 0.422. The van der Waals surface area contributed by atoms with Gasteiger partial charge >= 0.3 is 0 Å². The van der Waals surface area contributed by atoms with Crippen molar-refractivity contribution in [3.8, 4) is 0 Å². The number of pyridine rings is 1. The summed E-state index contributed by atoms with van der Waals surface area (Å²) in [6, 6.07) is 5.76. The van der Waals surface area contributed by atoms with Crippen molar-refractivity contribution in [1.29, 1.82) is 0 Å². The first-order valence-electron chi connectivity index (χ1n) is 6.86. The summed E-state index contributed by atoms with van der Waals surface area (Å²) in [6.45, 7) is 1.67. The molecule has 1 saturated heterocycles. The van der Waals surface area contributed by atoms with Gasteiger partial charge in [0.05, 0.1) is 16.2 Å². The van der Waals surface area contributed by atoms with Gasteiger partial charge in [-0.3, -0.25) is 4.98 Å². The first-order valence-corrected chi connectivity index (χ1v) is 7.23. The Morgan fingerprint density at radius 3 is 3.05 bits per heavy atom. The highest BCUT2D eigenvalue weighted by molar-refractivity contribution is 6.36. The summed E-state index contributed by atoms with van der Waals surface area (Å²) in [5.74, 6) is 0. The van der Waals surface area contributed by atoms with Crippen molar-refractivity contribution in [3.63, 3.8) is 0 Å². The molecule has 1 aliphatic heterocycles. The van der Waals surface area contributed by atoms with Gasteiger partial charge in [-0.05, 0) is 43.1 Å². The fourth-order valence-electron chi connectivity index (χ4n) is 2.86. The quantitative estimate of drug-likeness (QED) is 0.946. The third-order valence-corrected chi connectivity index (χ3v) is 4.07. The van der Waals surface area contributed by atoms with Gasteiger partial charge in [-0.1, -0.05) is 11.6 Å². The Labute approximate surface area is 122 Å². The maximum absolute atomic E-state index is 13.5. The number of aromatic nitrogens is 1. The maximum Gasteiger partial charge on any atom is 0.119 e. The van der Waals surface area contributed by atoms with E-state index in [4.69, 9.17) is 17.3 Å². The second-order valence-electron chi connectivity index (χ2n) is 5.14. The minimum Gasteiger partial charge on any atom is -0.367 e. The van der Waals surface area contributed by atoms with Crippen LogP contribution in [0.2, 0.25) is 5.02 Å². The Bertz CT molecular complexity index is 632. The Balaban J connectivity index is 2.20. The molecule has 0 bridgehead atoms. The number of halogens is 2. The predicted molar refractivity (Wildman–Crippen MR) is 81.2 cm³/mol. The molecule has 2 heterocycles. The Hall–Kier alpha value is -1.39. The highest BCUT2D eigenvalue weighted by Gasteiger charge is 2.26. The molecular formula is C15H17ClFN3. The van der Waals surface area contributed by atoms with Crippen LogP contribution < -0.4 is 10.6 Å². The van der Waals surface area contributed by atoms with Gasteiger partial charge in [-0.15, -0.1) is 0 Å². The molecule has 0 aliphatic carbocycles. The van der Waals surface area contributed by atoms with Crippen LogP contribution in [-0.4, -0.2) is 30.8 Å². The molecule has 0 saturated carbocycles. The fourth-order valence-corrected chi connectivity index (χ4v) is 3.14. The minimum atomic E-state index is -0.768. The number of anilines is 1. The van der Waals surface area contributed by atoms with Crippen LogP contribution in [0.15, 0.2) is 24.4 Å². The third-order valence-electron chi connectivity index (χ3n) is 3.76. The zero-order chi connectivity index (χ0) is 14.1. The van der Waals surface area contributed by atoms with E-state index in [1.807, 2.05) is 18.2 Å². The summed E-state index contributed by atoms with van der Waals surface area (Å²) in [6.07, 6.45) is 2.26. The van der Waals surface area contributed by atoms with E-state index in [-0.39, 0.29) is 0 Å². The molecular weight excluding hydrogens is 277 g/mol. The van der Waals surface area contributed by atoms with Gasteiger partial charge in [0, 0.05) is 24.7 Å². The van der Waals surface area contributed by atoms with Crippen LogP contribution in [0.1, 0.15) is 12.0 Å². The average molecular weight is 294 g/mol.